The van der Waals surface area contributed by atoms with E-state index in [0.29, 0.717) is 19.6 Å². The third-order valence-corrected chi connectivity index (χ3v) is 3.23. The maximum atomic E-state index is 11.6. The monoisotopic (exact) mass is 263 g/mol. The van der Waals surface area contributed by atoms with Gasteiger partial charge in [0.2, 0.25) is 5.91 Å². The molecule has 0 atom stereocenters. The van der Waals surface area contributed by atoms with Gasteiger partial charge in [0.25, 0.3) is 0 Å². The molecule has 1 amide bonds. The van der Waals surface area contributed by atoms with E-state index in [-0.39, 0.29) is 5.91 Å². The summed E-state index contributed by atoms with van der Waals surface area (Å²) in [6, 6.07) is 6.29. The summed E-state index contributed by atoms with van der Waals surface area (Å²) in [6.45, 7) is 9.45. The highest BCUT2D eigenvalue weighted by molar-refractivity contribution is 5.77. The molecule has 0 aliphatic carbocycles. The zero-order chi connectivity index (χ0) is 14.3. The van der Waals surface area contributed by atoms with E-state index in [0.717, 1.165) is 18.7 Å². The van der Waals surface area contributed by atoms with Crippen molar-refractivity contribution in [3.63, 3.8) is 0 Å². The molecule has 1 aromatic carbocycles. The minimum Gasteiger partial charge on any atom is -0.355 e. The van der Waals surface area contributed by atoms with Crippen LogP contribution in [0.25, 0.3) is 0 Å². The SMILES string of the molecule is CCNC(=O)CN(CC)Cc1ccc(CN)cc1C. The molecule has 1 aromatic rings. The molecular weight excluding hydrogens is 238 g/mol. The fourth-order valence-corrected chi connectivity index (χ4v) is 2.04. The zero-order valence-corrected chi connectivity index (χ0v) is 12.2. The van der Waals surface area contributed by atoms with E-state index in [1.54, 1.807) is 0 Å². The first-order valence-electron chi connectivity index (χ1n) is 6.88. The molecule has 106 valence electrons. The molecule has 0 fully saturated rings. The number of hydrogen-bond acceptors (Lipinski definition) is 3. The Labute approximate surface area is 116 Å². The normalized spacial score (nSPS) is 10.8. The van der Waals surface area contributed by atoms with Crippen LogP contribution in [0.15, 0.2) is 18.2 Å². The molecule has 0 spiro atoms. The minimum atomic E-state index is 0.0839. The second-order valence-corrected chi connectivity index (χ2v) is 4.72. The van der Waals surface area contributed by atoms with Gasteiger partial charge in [0.05, 0.1) is 6.54 Å². The molecule has 0 radical (unpaired) electrons. The summed E-state index contributed by atoms with van der Waals surface area (Å²) in [4.78, 5) is 13.8. The summed E-state index contributed by atoms with van der Waals surface area (Å²) in [5.74, 6) is 0.0839. The lowest BCUT2D eigenvalue weighted by molar-refractivity contribution is -0.122. The van der Waals surface area contributed by atoms with Crippen molar-refractivity contribution in [1.82, 2.24) is 10.2 Å². The molecular formula is C15H25N3O. The summed E-state index contributed by atoms with van der Waals surface area (Å²) in [6.07, 6.45) is 0. The van der Waals surface area contributed by atoms with Crippen LogP contribution in [0.4, 0.5) is 0 Å². The summed E-state index contributed by atoms with van der Waals surface area (Å²) < 4.78 is 0. The standard InChI is InChI=1S/C15H25N3O/c1-4-17-15(19)11-18(5-2)10-14-7-6-13(9-16)8-12(14)3/h6-8H,4-5,9-11,16H2,1-3H3,(H,17,19). The van der Waals surface area contributed by atoms with E-state index in [9.17, 15) is 4.79 Å². The Balaban J connectivity index is 2.67. The Bertz CT molecular complexity index is 418. The van der Waals surface area contributed by atoms with Gasteiger partial charge in [-0.2, -0.15) is 0 Å². The minimum absolute atomic E-state index is 0.0839. The van der Waals surface area contributed by atoms with Crippen LogP contribution in [0.2, 0.25) is 0 Å². The molecule has 0 unspecified atom stereocenters. The van der Waals surface area contributed by atoms with Gasteiger partial charge in [-0.1, -0.05) is 25.1 Å². The first-order chi connectivity index (χ1) is 9.10. The Kier molecular flexibility index (Phi) is 6.53. The number of carbonyl (C=O) groups is 1. The van der Waals surface area contributed by atoms with E-state index in [4.69, 9.17) is 5.73 Å². The van der Waals surface area contributed by atoms with Crippen LogP contribution in [0, 0.1) is 6.92 Å². The van der Waals surface area contributed by atoms with Crippen molar-refractivity contribution in [2.24, 2.45) is 5.73 Å². The van der Waals surface area contributed by atoms with Crippen molar-refractivity contribution < 1.29 is 4.79 Å². The lowest BCUT2D eigenvalue weighted by atomic mass is 10.0. The van der Waals surface area contributed by atoms with Crippen LogP contribution in [0.3, 0.4) is 0 Å². The largest absolute Gasteiger partial charge is 0.355 e. The number of nitrogens with one attached hydrogen (secondary N) is 1. The molecule has 0 aliphatic heterocycles. The summed E-state index contributed by atoms with van der Waals surface area (Å²) in [5.41, 5.74) is 9.27. The van der Waals surface area contributed by atoms with Crippen molar-refractivity contribution in [2.75, 3.05) is 19.6 Å². The number of nitrogens with zero attached hydrogens (tertiary/aromatic N) is 1. The Morgan fingerprint density at radius 2 is 2.11 bits per heavy atom. The molecule has 0 aromatic heterocycles. The number of hydrogen-bond donors (Lipinski definition) is 2. The van der Waals surface area contributed by atoms with Crippen LogP contribution in [0.1, 0.15) is 30.5 Å². The number of benzene rings is 1. The third-order valence-electron chi connectivity index (χ3n) is 3.23. The topological polar surface area (TPSA) is 58.4 Å². The second kappa shape index (κ2) is 7.92. The summed E-state index contributed by atoms with van der Waals surface area (Å²) in [5, 5.41) is 2.83. The summed E-state index contributed by atoms with van der Waals surface area (Å²) >= 11 is 0. The van der Waals surface area contributed by atoms with Gasteiger partial charge in [-0.05, 0) is 37.1 Å². The lowest BCUT2D eigenvalue weighted by Crippen LogP contribution is -2.36. The van der Waals surface area contributed by atoms with Gasteiger partial charge >= 0.3 is 0 Å². The van der Waals surface area contributed by atoms with Crippen molar-refractivity contribution in [3.8, 4) is 0 Å². The van der Waals surface area contributed by atoms with E-state index in [1.807, 2.05) is 6.92 Å². The first kappa shape index (κ1) is 15.7. The van der Waals surface area contributed by atoms with Gasteiger partial charge < -0.3 is 11.1 Å². The summed E-state index contributed by atoms with van der Waals surface area (Å²) in [7, 11) is 0. The van der Waals surface area contributed by atoms with Crippen molar-refractivity contribution >= 4 is 5.91 Å². The number of rotatable bonds is 7. The maximum absolute atomic E-state index is 11.6. The highest BCUT2D eigenvalue weighted by atomic mass is 16.2. The Hall–Kier alpha value is -1.39. The molecule has 0 aliphatic rings. The number of aryl methyl sites for hydroxylation is 1. The Morgan fingerprint density at radius 1 is 1.37 bits per heavy atom. The van der Waals surface area contributed by atoms with Crippen LogP contribution >= 0.6 is 0 Å². The van der Waals surface area contributed by atoms with Gasteiger partial charge in [0, 0.05) is 19.6 Å². The van der Waals surface area contributed by atoms with E-state index >= 15 is 0 Å². The molecule has 0 bridgehead atoms. The van der Waals surface area contributed by atoms with E-state index in [1.165, 1.54) is 11.1 Å². The van der Waals surface area contributed by atoms with Crippen LogP contribution in [0.5, 0.6) is 0 Å². The quantitative estimate of drug-likeness (QED) is 0.782. The van der Waals surface area contributed by atoms with Gasteiger partial charge in [0.1, 0.15) is 0 Å². The molecule has 0 saturated heterocycles. The van der Waals surface area contributed by atoms with Crippen molar-refractivity contribution in [1.29, 1.82) is 0 Å². The lowest BCUT2D eigenvalue weighted by Gasteiger charge is -2.21. The van der Waals surface area contributed by atoms with Gasteiger partial charge in [-0.25, -0.2) is 0 Å². The molecule has 19 heavy (non-hydrogen) atoms. The first-order valence-corrected chi connectivity index (χ1v) is 6.88. The second-order valence-electron chi connectivity index (χ2n) is 4.72. The van der Waals surface area contributed by atoms with Crippen molar-refractivity contribution in [2.45, 2.75) is 33.9 Å². The van der Waals surface area contributed by atoms with Gasteiger partial charge in [-0.15, -0.1) is 0 Å². The Morgan fingerprint density at radius 3 is 2.63 bits per heavy atom. The van der Waals surface area contributed by atoms with Gasteiger partial charge in [-0.3, -0.25) is 9.69 Å². The average Bonchev–Trinajstić information content (AvgIpc) is 2.40. The molecule has 3 N–H and O–H groups in total. The predicted molar refractivity (Wildman–Crippen MR) is 78.7 cm³/mol. The third kappa shape index (κ3) is 5.01. The molecule has 1 rings (SSSR count). The molecule has 4 heteroatoms. The number of amides is 1. The van der Waals surface area contributed by atoms with E-state index < -0.39 is 0 Å². The van der Waals surface area contributed by atoms with Crippen molar-refractivity contribution in [3.05, 3.63) is 34.9 Å². The fraction of sp³-hybridized carbons (Fsp3) is 0.533. The number of carbonyl (C=O) groups excluding carboxylic acids is 1. The number of likely N-dealkylation sites (N-methyl/N-ethyl adjacent to an activating group) is 2. The zero-order valence-electron chi connectivity index (χ0n) is 12.2. The van der Waals surface area contributed by atoms with Crippen LogP contribution in [-0.2, 0) is 17.9 Å². The molecule has 0 heterocycles. The smallest absolute Gasteiger partial charge is 0.234 e. The maximum Gasteiger partial charge on any atom is 0.234 e. The highest BCUT2D eigenvalue weighted by Gasteiger charge is 2.10. The van der Waals surface area contributed by atoms with E-state index in [2.05, 4.69) is 42.3 Å². The molecule has 0 saturated carbocycles. The number of nitrogens with two attached hydrogens (primary N) is 1. The van der Waals surface area contributed by atoms with Gasteiger partial charge in [0.15, 0.2) is 0 Å². The average molecular weight is 263 g/mol. The van der Waals surface area contributed by atoms with Crippen LogP contribution in [-0.4, -0.2) is 30.4 Å². The van der Waals surface area contributed by atoms with Crippen LogP contribution < -0.4 is 11.1 Å². The predicted octanol–water partition coefficient (Wildman–Crippen LogP) is 1.41. The molecule has 4 nitrogen and oxygen atoms in total. The highest BCUT2D eigenvalue weighted by Crippen LogP contribution is 2.13. The fourth-order valence-electron chi connectivity index (χ4n) is 2.04.